The van der Waals surface area contributed by atoms with Crippen LogP contribution >= 0.6 is 0 Å². The number of benzene rings is 7. The van der Waals surface area contributed by atoms with Crippen LogP contribution in [0.4, 0.5) is 0 Å². The van der Waals surface area contributed by atoms with E-state index >= 15 is 0 Å². The summed E-state index contributed by atoms with van der Waals surface area (Å²) in [6.07, 6.45) is 1.67. The van der Waals surface area contributed by atoms with Gasteiger partial charge in [0.25, 0.3) is 0 Å². The molecule has 5 heterocycles. The van der Waals surface area contributed by atoms with Crippen molar-refractivity contribution in [1.82, 2.24) is 23.9 Å². The largest absolute Gasteiger partial charge is 0.457 e. The fourth-order valence-electron chi connectivity index (χ4n) is 10.1. The Morgan fingerprint density at radius 3 is 1.87 bits per heavy atom. The van der Waals surface area contributed by atoms with Gasteiger partial charge in [-0.15, -0.1) is 0 Å². The van der Waals surface area contributed by atoms with E-state index in [0.717, 1.165) is 71.1 Å². The molecular formula is C56H41N5OSi. The Morgan fingerprint density at radius 2 is 1.13 bits per heavy atom. The van der Waals surface area contributed by atoms with Crippen LogP contribution in [0.1, 0.15) is 25.3 Å². The van der Waals surface area contributed by atoms with E-state index in [9.17, 15) is 2.74 Å². The van der Waals surface area contributed by atoms with Crippen LogP contribution < -0.4 is 25.5 Å². The molecule has 7 aromatic carbocycles. The van der Waals surface area contributed by atoms with Crippen molar-refractivity contribution in [2.24, 2.45) is 0 Å². The van der Waals surface area contributed by atoms with Crippen LogP contribution in [0.3, 0.4) is 0 Å². The fraction of sp³-hybridized carbons (Fsp3) is 0.0536. The smallest absolute Gasteiger partial charge is 0.220 e. The Balaban J connectivity index is 1.19. The van der Waals surface area contributed by atoms with Gasteiger partial charge in [-0.25, -0.2) is 4.98 Å². The summed E-state index contributed by atoms with van der Waals surface area (Å²) in [6.45, 7) is 0. The maximum Gasteiger partial charge on any atom is 0.220 e. The molecule has 6 nitrogen and oxygen atoms in total. The zero-order valence-electron chi connectivity index (χ0n) is 36.2. The zero-order chi connectivity index (χ0) is 43.6. The van der Waals surface area contributed by atoms with E-state index in [0.29, 0.717) is 17.2 Å². The van der Waals surface area contributed by atoms with Crippen molar-refractivity contribution in [3.63, 3.8) is 0 Å². The molecule has 4 aromatic heterocycles. The highest BCUT2D eigenvalue weighted by Crippen LogP contribution is 2.51. The van der Waals surface area contributed by atoms with E-state index in [4.69, 9.17) is 19.7 Å². The summed E-state index contributed by atoms with van der Waals surface area (Å²) < 4.78 is 32.8. The van der Waals surface area contributed by atoms with Crippen LogP contribution in [0.15, 0.2) is 225 Å². The summed E-state index contributed by atoms with van der Waals surface area (Å²) in [5, 5.41) is 4.47. The van der Waals surface area contributed by atoms with Gasteiger partial charge in [0.15, 0.2) is 8.07 Å². The van der Waals surface area contributed by atoms with Crippen LogP contribution in [-0.4, -0.2) is 32.0 Å². The van der Waals surface area contributed by atoms with Crippen LogP contribution in [0.2, 0.25) is 0 Å². The molecule has 0 fully saturated rings. The maximum atomic E-state index is 10.4. The van der Waals surface area contributed by atoms with Gasteiger partial charge in [-0.3, -0.25) is 18.9 Å². The molecule has 1 atom stereocenters. The van der Waals surface area contributed by atoms with E-state index in [1.165, 1.54) is 0 Å². The summed E-state index contributed by atoms with van der Waals surface area (Å²) in [5.74, 6) is 2.10. The number of aromatic nitrogens is 5. The number of nitrogens with zero attached hydrogens (tertiary/aromatic N) is 5. The molecule has 300 valence electrons. The fourth-order valence-corrected chi connectivity index (χ4v) is 15.0. The van der Waals surface area contributed by atoms with Crippen LogP contribution in [0, 0.1) is 0 Å². The van der Waals surface area contributed by atoms with Gasteiger partial charge in [-0.2, -0.15) is 0 Å². The highest BCUT2D eigenvalue weighted by atomic mass is 28.3. The molecule has 1 aliphatic rings. The second-order valence-corrected chi connectivity index (χ2v) is 19.9. The second-order valence-electron chi connectivity index (χ2n) is 16.1. The second kappa shape index (κ2) is 14.9. The lowest BCUT2D eigenvalue weighted by molar-refractivity contribution is 0.384. The molecule has 0 amide bonds. The van der Waals surface area contributed by atoms with Gasteiger partial charge in [0.05, 0.1) is 22.1 Å². The molecule has 11 aromatic rings. The number of fused-ring (bicyclic) bond motifs is 7. The van der Waals surface area contributed by atoms with Gasteiger partial charge in [0.1, 0.15) is 11.5 Å². The Bertz CT molecular complexity index is 3500. The average molecular weight is 830 g/mol. The van der Waals surface area contributed by atoms with Crippen molar-refractivity contribution in [3.8, 4) is 17.2 Å². The van der Waals surface area contributed by atoms with E-state index in [-0.39, 0.29) is 6.42 Å². The van der Waals surface area contributed by atoms with Gasteiger partial charge in [0.2, 0.25) is 5.78 Å². The lowest BCUT2D eigenvalue weighted by Crippen LogP contribution is -2.75. The molecule has 0 N–H and O–H groups in total. The van der Waals surface area contributed by atoms with Crippen molar-refractivity contribution in [2.75, 3.05) is 0 Å². The first kappa shape index (κ1) is 34.8. The van der Waals surface area contributed by atoms with E-state index in [1.54, 1.807) is 18.5 Å². The van der Waals surface area contributed by atoms with Gasteiger partial charge in [-0.1, -0.05) is 146 Å². The molecule has 1 unspecified atom stereocenters. The van der Waals surface area contributed by atoms with Crippen LogP contribution in [-0.2, 0) is 18.2 Å². The van der Waals surface area contributed by atoms with Gasteiger partial charge < -0.3 is 4.74 Å². The molecular weight excluding hydrogens is 787 g/mol. The molecule has 12 rings (SSSR count). The van der Waals surface area contributed by atoms with E-state index in [2.05, 4.69) is 155 Å². The third-order valence-electron chi connectivity index (χ3n) is 12.7. The molecule has 0 bridgehead atoms. The monoisotopic (exact) mass is 829 g/mol. The summed E-state index contributed by atoms with van der Waals surface area (Å²) in [5.41, 5.74) is 6.37. The molecule has 1 aliphatic heterocycles. The first-order valence-corrected chi connectivity index (χ1v) is 23.3. The highest BCUT2D eigenvalue weighted by molar-refractivity contribution is 7.20. The predicted molar refractivity (Wildman–Crippen MR) is 256 cm³/mol. The molecule has 0 saturated heterocycles. The molecule has 0 aliphatic carbocycles. The van der Waals surface area contributed by atoms with Crippen molar-refractivity contribution in [1.29, 1.82) is 0 Å². The van der Waals surface area contributed by atoms with Crippen LogP contribution in [0.5, 0.6) is 11.5 Å². The Morgan fingerprint density at radius 1 is 0.524 bits per heavy atom. The normalized spacial score (nSPS) is 15.4. The summed E-state index contributed by atoms with van der Waals surface area (Å²) >= 11 is 0. The quantitative estimate of drug-likeness (QED) is 0.108. The number of imidazole rings is 2. The van der Waals surface area contributed by atoms with Crippen molar-refractivity contribution in [2.45, 2.75) is 18.2 Å². The number of hydrogen-bond donors (Lipinski definition) is 0. The zero-order valence-corrected chi connectivity index (χ0v) is 35.2. The molecule has 0 saturated carbocycles. The molecule has 0 radical (unpaired) electrons. The molecule has 0 spiro atoms. The predicted octanol–water partition coefficient (Wildman–Crippen LogP) is 9.48. The van der Waals surface area contributed by atoms with Crippen molar-refractivity contribution >= 4 is 56.7 Å². The third-order valence-corrected chi connectivity index (χ3v) is 17.5. The molecule has 63 heavy (non-hydrogen) atoms. The topological polar surface area (TPSA) is 57.2 Å². The first-order chi connectivity index (χ1) is 32.0. The number of ether oxygens (including phenoxy) is 1. The van der Waals surface area contributed by atoms with Crippen LogP contribution in [0.25, 0.3) is 33.5 Å². The minimum atomic E-state index is -3.42. The Hall–Kier alpha value is -7.87. The minimum absolute atomic E-state index is 0.254. The third kappa shape index (κ3) is 5.81. The average Bonchev–Trinajstić information content (AvgIpc) is 3.90. The van der Waals surface area contributed by atoms with Gasteiger partial charge >= 0.3 is 0 Å². The lowest BCUT2D eigenvalue weighted by atomic mass is 9.66. The number of hydrogen-bond acceptors (Lipinski definition) is 4. The lowest BCUT2D eigenvalue weighted by Gasteiger charge is -2.43. The minimum Gasteiger partial charge on any atom is -0.457 e. The highest BCUT2D eigenvalue weighted by Gasteiger charge is 2.49. The van der Waals surface area contributed by atoms with E-state index < -0.39 is 19.9 Å². The standard InChI is InChI=1S/C56H41N5OSi/c1-3-22-43(23-4-1)63(44-24-5-2-6-25-44,45-26-17-21-42(37-45)60-50-31-10-11-32-51(50)61-49-30-9-8-29-48(49)59-55(60)61)53-34-18-28-47-54(53)62-52-33-12-7-27-46(52)56(47,38-40-19-13-15-35-57-40)39-41-20-14-16-36-58-41/h1-37H,38-39H2/i38D2. The summed E-state index contributed by atoms with van der Waals surface area (Å²) in [7, 11) is -3.42. The summed E-state index contributed by atoms with van der Waals surface area (Å²) in [6, 6.07) is 73.1. The van der Waals surface area contributed by atoms with Gasteiger partial charge in [0, 0.05) is 61.5 Å². The number of para-hydroxylation sites is 6. The molecule has 7 heteroatoms. The number of rotatable bonds is 9. The maximum absolute atomic E-state index is 10.4. The van der Waals surface area contributed by atoms with Crippen molar-refractivity contribution in [3.05, 3.63) is 247 Å². The SMILES string of the molecule is [2H]C([2H])(c1ccccn1)C1(Cc2ccccn2)c2ccccc2Oc2c1cccc2[Si](c1ccccc1)(c1ccccc1)c1cccc(-n2c3ccccc3n3c4ccccc4nc23)c1. The van der Waals surface area contributed by atoms with Crippen molar-refractivity contribution < 1.29 is 7.48 Å². The number of pyridine rings is 2. The summed E-state index contributed by atoms with van der Waals surface area (Å²) in [4.78, 5) is 14.8. The first-order valence-electron chi connectivity index (χ1n) is 22.3. The Kier molecular flexibility index (Phi) is 8.25. The van der Waals surface area contributed by atoms with Gasteiger partial charge in [-0.05, 0) is 87.5 Å². The van der Waals surface area contributed by atoms with E-state index in [1.807, 2.05) is 60.7 Å². The Labute approximate surface area is 369 Å².